The quantitative estimate of drug-likeness (QED) is 0.473. The lowest BCUT2D eigenvalue weighted by molar-refractivity contribution is -0.144. The first-order valence-corrected chi connectivity index (χ1v) is 2.75. The SMILES string of the molecule is N[C@H](C(=O)O)[C@H](Cl)C(=O)O. The average Bonchev–Trinajstić information content (AvgIpc) is 1.84. The molecule has 0 unspecified atom stereocenters. The first-order chi connectivity index (χ1) is 4.46. The van der Waals surface area contributed by atoms with Crippen LogP contribution in [0.3, 0.4) is 0 Å². The van der Waals surface area contributed by atoms with Crippen LogP contribution in [0.5, 0.6) is 0 Å². The van der Waals surface area contributed by atoms with Gasteiger partial charge in [0.25, 0.3) is 0 Å². The number of rotatable bonds is 3. The fourth-order valence-electron chi connectivity index (χ4n) is 0.279. The number of nitrogens with two attached hydrogens (primary N) is 1. The van der Waals surface area contributed by atoms with Crippen molar-refractivity contribution in [3.63, 3.8) is 0 Å². The van der Waals surface area contributed by atoms with Crippen LogP contribution < -0.4 is 5.73 Å². The summed E-state index contributed by atoms with van der Waals surface area (Å²) in [5, 5.41) is 14.7. The molecule has 0 saturated heterocycles. The molecular weight excluding hydrogens is 162 g/mol. The van der Waals surface area contributed by atoms with Gasteiger partial charge in [0.2, 0.25) is 0 Å². The Bertz CT molecular complexity index is 141. The molecule has 0 aromatic carbocycles. The van der Waals surface area contributed by atoms with E-state index in [0.29, 0.717) is 0 Å². The molecule has 0 amide bonds. The van der Waals surface area contributed by atoms with Crippen LogP contribution in [0.4, 0.5) is 0 Å². The largest absolute Gasteiger partial charge is 0.480 e. The van der Waals surface area contributed by atoms with E-state index in [1.807, 2.05) is 0 Å². The van der Waals surface area contributed by atoms with Gasteiger partial charge in [-0.2, -0.15) is 0 Å². The van der Waals surface area contributed by atoms with Gasteiger partial charge in [-0.1, -0.05) is 0 Å². The number of hydrogen-bond acceptors (Lipinski definition) is 3. The van der Waals surface area contributed by atoms with Crippen molar-refractivity contribution >= 4 is 23.5 Å². The molecule has 0 bridgehead atoms. The third-order valence-corrected chi connectivity index (χ3v) is 1.29. The number of hydrogen-bond donors (Lipinski definition) is 3. The van der Waals surface area contributed by atoms with Crippen molar-refractivity contribution in [2.75, 3.05) is 0 Å². The van der Waals surface area contributed by atoms with E-state index in [-0.39, 0.29) is 0 Å². The van der Waals surface area contributed by atoms with Crippen LogP contribution in [0.2, 0.25) is 0 Å². The maximum Gasteiger partial charge on any atom is 0.323 e. The molecule has 0 fully saturated rings. The van der Waals surface area contributed by atoms with Crippen molar-refractivity contribution in [2.45, 2.75) is 11.4 Å². The Kier molecular flexibility index (Phi) is 3.11. The molecule has 5 nitrogen and oxygen atoms in total. The second kappa shape index (κ2) is 3.38. The maximum atomic E-state index is 9.97. The molecule has 6 heteroatoms. The summed E-state index contributed by atoms with van der Waals surface area (Å²) in [7, 11) is 0. The van der Waals surface area contributed by atoms with Gasteiger partial charge < -0.3 is 15.9 Å². The molecule has 0 aliphatic rings. The second-order valence-electron chi connectivity index (χ2n) is 1.60. The number of carboxylic acids is 2. The van der Waals surface area contributed by atoms with Gasteiger partial charge in [-0.05, 0) is 0 Å². The van der Waals surface area contributed by atoms with Crippen LogP contribution in [0.1, 0.15) is 0 Å². The van der Waals surface area contributed by atoms with E-state index >= 15 is 0 Å². The highest BCUT2D eigenvalue weighted by Crippen LogP contribution is 2.00. The summed E-state index contributed by atoms with van der Waals surface area (Å²) in [4.78, 5) is 19.9. The van der Waals surface area contributed by atoms with E-state index in [4.69, 9.17) is 27.5 Å². The summed E-state index contributed by atoms with van der Waals surface area (Å²) >= 11 is 5.06. The van der Waals surface area contributed by atoms with Crippen LogP contribution in [-0.2, 0) is 9.59 Å². The molecule has 10 heavy (non-hydrogen) atoms. The van der Waals surface area contributed by atoms with E-state index in [9.17, 15) is 9.59 Å². The van der Waals surface area contributed by atoms with Crippen molar-refractivity contribution in [3.05, 3.63) is 0 Å². The summed E-state index contributed by atoms with van der Waals surface area (Å²) in [6.45, 7) is 0. The fourth-order valence-corrected chi connectivity index (χ4v) is 0.387. The summed E-state index contributed by atoms with van der Waals surface area (Å²) < 4.78 is 0. The Balaban J connectivity index is 4.07. The zero-order valence-corrected chi connectivity index (χ0v) is 5.58. The molecule has 0 radical (unpaired) electrons. The van der Waals surface area contributed by atoms with Gasteiger partial charge in [0, 0.05) is 0 Å². The third-order valence-electron chi connectivity index (χ3n) is 0.836. The monoisotopic (exact) mass is 167 g/mol. The Hall–Kier alpha value is -0.810. The van der Waals surface area contributed by atoms with Gasteiger partial charge in [-0.3, -0.25) is 9.59 Å². The Labute approximate surface area is 61.4 Å². The van der Waals surface area contributed by atoms with Crippen LogP contribution in [0, 0.1) is 0 Å². The van der Waals surface area contributed by atoms with Crippen LogP contribution in [-0.4, -0.2) is 33.6 Å². The summed E-state index contributed by atoms with van der Waals surface area (Å²) in [6, 6.07) is -1.56. The maximum absolute atomic E-state index is 9.97. The minimum atomic E-state index is -1.57. The van der Waals surface area contributed by atoms with Crippen molar-refractivity contribution in [3.8, 4) is 0 Å². The number of carboxylic acid groups (broad SMARTS) is 2. The smallest absolute Gasteiger partial charge is 0.323 e. The molecule has 0 aliphatic carbocycles. The Morgan fingerprint density at radius 2 is 1.70 bits per heavy atom. The zero-order valence-electron chi connectivity index (χ0n) is 4.82. The molecule has 0 aliphatic heterocycles. The molecule has 2 atom stereocenters. The van der Waals surface area contributed by atoms with Gasteiger partial charge in [0.1, 0.15) is 6.04 Å². The molecule has 0 aromatic rings. The van der Waals surface area contributed by atoms with Crippen LogP contribution >= 0.6 is 11.6 Å². The van der Waals surface area contributed by atoms with E-state index in [1.165, 1.54) is 0 Å². The van der Waals surface area contributed by atoms with Crippen LogP contribution in [0.25, 0.3) is 0 Å². The van der Waals surface area contributed by atoms with Crippen LogP contribution in [0.15, 0.2) is 0 Å². The zero-order chi connectivity index (χ0) is 8.31. The van der Waals surface area contributed by atoms with Crippen molar-refractivity contribution in [2.24, 2.45) is 5.73 Å². The van der Waals surface area contributed by atoms with Crippen molar-refractivity contribution in [1.29, 1.82) is 0 Å². The number of aliphatic carboxylic acids is 2. The minimum absolute atomic E-state index is 1.43. The lowest BCUT2D eigenvalue weighted by Gasteiger charge is -2.07. The highest BCUT2D eigenvalue weighted by Gasteiger charge is 2.27. The Morgan fingerprint density at radius 1 is 1.30 bits per heavy atom. The van der Waals surface area contributed by atoms with Crippen molar-refractivity contribution < 1.29 is 19.8 Å². The molecule has 0 rings (SSSR count). The normalized spacial score (nSPS) is 15.8. The fraction of sp³-hybridized carbons (Fsp3) is 0.500. The summed E-state index contributed by atoms with van der Waals surface area (Å²) in [5.41, 5.74) is 4.85. The summed E-state index contributed by atoms with van der Waals surface area (Å²) in [5.74, 6) is -2.86. The van der Waals surface area contributed by atoms with Gasteiger partial charge >= 0.3 is 11.9 Å². The third kappa shape index (κ3) is 2.20. The minimum Gasteiger partial charge on any atom is -0.480 e. The van der Waals surface area contributed by atoms with Gasteiger partial charge in [-0.15, -0.1) is 11.6 Å². The number of carbonyl (C=O) groups is 2. The lowest BCUT2D eigenvalue weighted by Crippen LogP contribution is -2.42. The number of halogens is 1. The molecule has 0 aromatic heterocycles. The molecule has 0 saturated carbocycles. The topological polar surface area (TPSA) is 101 Å². The molecule has 0 spiro atoms. The molecule has 0 heterocycles. The molecular formula is C4H6ClNO4. The lowest BCUT2D eigenvalue weighted by atomic mass is 10.2. The van der Waals surface area contributed by atoms with E-state index < -0.39 is 23.4 Å². The summed E-state index contributed by atoms with van der Waals surface area (Å²) in [6.07, 6.45) is 0. The van der Waals surface area contributed by atoms with E-state index in [1.54, 1.807) is 0 Å². The van der Waals surface area contributed by atoms with Gasteiger partial charge in [0.15, 0.2) is 5.38 Å². The number of alkyl halides is 1. The standard InChI is InChI=1S/C4H6ClNO4/c5-1(3(7)8)2(6)4(9)10/h1-2H,6H2,(H,7,8)(H,9,10)/t1-,2-/m0/s1. The Morgan fingerprint density at radius 3 is 1.80 bits per heavy atom. The van der Waals surface area contributed by atoms with E-state index in [2.05, 4.69) is 0 Å². The molecule has 58 valence electrons. The molecule has 4 N–H and O–H groups in total. The van der Waals surface area contributed by atoms with Crippen molar-refractivity contribution in [1.82, 2.24) is 0 Å². The second-order valence-corrected chi connectivity index (χ2v) is 2.07. The highest BCUT2D eigenvalue weighted by atomic mass is 35.5. The van der Waals surface area contributed by atoms with Gasteiger partial charge in [-0.25, -0.2) is 0 Å². The van der Waals surface area contributed by atoms with E-state index in [0.717, 1.165) is 0 Å². The highest BCUT2D eigenvalue weighted by molar-refractivity contribution is 6.31. The predicted octanol–water partition coefficient (Wildman–Crippen LogP) is -0.910. The van der Waals surface area contributed by atoms with Gasteiger partial charge in [0.05, 0.1) is 0 Å². The average molecular weight is 168 g/mol. The first kappa shape index (κ1) is 9.19. The first-order valence-electron chi connectivity index (χ1n) is 2.32. The predicted molar refractivity (Wildman–Crippen MR) is 32.9 cm³/mol.